The van der Waals surface area contributed by atoms with Gasteiger partial charge in [0.1, 0.15) is 23.9 Å². The lowest BCUT2D eigenvalue weighted by molar-refractivity contribution is 0.171. The van der Waals surface area contributed by atoms with Crippen molar-refractivity contribution in [2.24, 2.45) is 0 Å². The van der Waals surface area contributed by atoms with Gasteiger partial charge in [0.15, 0.2) is 17.3 Å². The molecule has 27 heavy (non-hydrogen) atoms. The molecule has 0 fully saturated rings. The Morgan fingerprint density at radius 1 is 1.04 bits per heavy atom. The molecule has 4 heterocycles. The molecule has 6 nitrogen and oxygen atoms in total. The van der Waals surface area contributed by atoms with Gasteiger partial charge in [-0.3, -0.25) is 4.98 Å². The third kappa shape index (κ3) is 3.06. The first-order valence-corrected chi connectivity index (χ1v) is 9.43. The fourth-order valence-electron chi connectivity index (χ4n) is 3.02. The molecule has 5 rings (SSSR count). The van der Waals surface area contributed by atoms with Crippen molar-refractivity contribution in [2.45, 2.75) is 6.92 Å². The molecule has 0 aliphatic carbocycles. The number of rotatable bonds is 3. The summed E-state index contributed by atoms with van der Waals surface area (Å²) < 4.78 is 11.3. The lowest BCUT2D eigenvalue weighted by Crippen LogP contribution is -2.15. The van der Waals surface area contributed by atoms with Crippen LogP contribution in [-0.2, 0) is 0 Å². The maximum absolute atomic E-state index is 5.68. The van der Waals surface area contributed by atoms with Crippen molar-refractivity contribution in [1.82, 2.24) is 15.0 Å². The zero-order chi connectivity index (χ0) is 18.2. The first kappa shape index (κ1) is 16.0. The van der Waals surface area contributed by atoms with E-state index in [0.717, 1.165) is 38.8 Å². The van der Waals surface area contributed by atoms with E-state index in [1.54, 1.807) is 23.7 Å². The van der Waals surface area contributed by atoms with Crippen molar-refractivity contribution >= 4 is 33.1 Å². The Morgan fingerprint density at radius 3 is 2.78 bits per heavy atom. The molecule has 0 spiro atoms. The summed E-state index contributed by atoms with van der Waals surface area (Å²) >= 11 is 1.65. The number of fused-ring (bicyclic) bond motifs is 2. The summed E-state index contributed by atoms with van der Waals surface area (Å²) in [6.45, 7) is 3.21. The van der Waals surface area contributed by atoms with Crippen LogP contribution in [0.4, 0.5) is 11.5 Å². The van der Waals surface area contributed by atoms with Crippen LogP contribution in [0.15, 0.2) is 48.8 Å². The molecule has 1 N–H and O–H groups in total. The first-order chi connectivity index (χ1) is 13.3. The van der Waals surface area contributed by atoms with E-state index in [0.29, 0.717) is 19.0 Å². The second-order valence-electron chi connectivity index (χ2n) is 6.20. The highest BCUT2D eigenvalue weighted by atomic mass is 32.1. The standard InChI is InChI=1S/C20H16N4O2S/c1-12-9-15-19(22-14-4-5-16-17(10-14)26-8-7-25-16)23-18(24-20(15)27-12)13-3-2-6-21-11-13/h2-6,9-11H,7-8H2,1H3,(H,22,23,24). The van der Waals surface area contributed by atoms with E-state index in [1.165, 1.54) is 4.88 Å². The van der Waals surface area contributed by atoms with E-state index >= 15 is 0 Å². The summed E-state index contributed by atoms with van der Waals surface area (Å²) in [7, 11) is 0. The molecule has 1 aliphatic heterocycles. The van der Waals surface area contributed by atoms with Crippen molar-refractivity contribution in [1.29, 1.82) is 0 Å². The largest absolute Gasteiger partial charge is 0.486 e. The molecule has 4 aromatic rings. The zero-order valence-corrected chi connectivity index (χ0v) is 15.4. The average molecular weight is 376 g/mol. The SMILES string of the molecule is Cc1cc2c(Nc3ccc4c(c3)OCCO4)nc(-c3cccnc3)nc2s1. The molecule has 0 atom stereocenters. The number of anilines is 2. The van der Waals surface area contributed by atoms with Crippen LogP contribution in [0.2, 0.25) is 0 Å². The van der Waals surface area contributed by atoms with Crippen molar-refractivity contribution in [2.75, 3.05) is 18.5 Å². The third-order valence-electron chi connectivity index (χ3n) is 4.24. The number of aromatic nitrogens is 3. The van der Waals surface area contributed by atoms with Gasteiger partial charge in [-0.15, -0.1) is 11.3 Å². The summed E-state index contributed by atoms with van der Waals surface area (Å²) in [4.78, 5) is 15.8. The molecule has 134 valence electrons. The van der Waals surface area contributed by atoms with Crippen molar-refractivity contribution < 1.29 is 9.47 Å². The fourth-order valence-corrected chi connectivity index (χ4v) is 3.90. The molecule has 1 aromatic carbocycles. The molecule has 0 amide bonds. The Balaban J connectivity index is 1.59. The monoisotopic (exact) mass is 376 g/mol. The Kier molecular flexibility index (Phi) is 3.86. The lowest BCUT2D eigenvalue weighted by Gasteiger charge is -2.19. The number of ether oxygens (including phenoxy) is 2. The molecule has 7 heteroatoms. The van der Waals surface area contributed by atoms with Gasteiger partial charge in [0.05, 0.1) is 5.39 Å². The highest BCUT2D eigenvalue weighted by Gasteiger charge is 2.15. The van der Waals surface area contributed by atoms with Gasteiger partial charge >= 0.3 is 0 Å². The number of benzene rings is 1. The van der Waals surface area contributed by atoms with Crippen LogP contribution in [0.25, 0.3) is 21.6 Å². The van der Waals surface area contributed by atoms with Crippen LogP contribution in [0.3, 0.4) is 0 Å². The molecule has 0 bridgehead atoms. The van der Waals surface area contributed by atoms with Gasteiger partial charge in [0.25, 0.3) is 0 Å². The highest BCUT2D eigenvalue weighted by molar-refractivity contribution is 7.18. The van der Waals surface area contributed by atoms with Gasteiger partial charge < -0.3 is 14.8 Å². The summed E-state index contributed by atoms with van der Waals surface area (Å²) in [5.41, 5.74) is 1.77. The number of hydrogen-bond donors (Lipinski definition) is 1. The van der Waals surface area contributed by atoms with Crippen molar-refractivity contribution in [3.63, 3.8) is 0 Å². The number of pyridine rings is 1. The summed E-state index contributed by atoms with van der Waals surface area (Å²) in [6, 6.07) is 11.8. The van der Waals surface area contributed by atoms with E-state index in [4.69, 9.17) is 19.4 Å². The minimum absolute atomic E-state index is 0.559. The number of hydrogen-bond acceptors (Lipinski definition) is 7. The second kappa shape index (κ2) is 6.51. The maximum Gasteiger partial charge on any atom is 0.164 e. The Labute approximate surface area is 159 Å². The number of aryl methyl sites for hydroxylation is 1. The average Bonchev–Trinajstić information content (AvgIpc) is 3.09. The van der Waals surface area contributed by atoms with Crippen LogP contribution in [0.1, 0.15) is 4.88 Å². The van der Waals surface area contributed by atoms with E-state index in [2.05, 4.69) is 23.3 Å². The van der Waals surface area contributed by atoms with E-state index in [9.17, 15) is 0 Å². The summed E-state index contributed by atoms with van der Waals surface area (Å²) in [5.74, 6) is 2.92. The summed E-state index contributed by atoms with van der Waals surface area (Å²) in [6.07, 6.45) is 3.52. The lowest BCUT2D eigenvalue weighted by atomic mass is 10.2. The van der Waals surface area contributed by atoms with Crippen LogP contribution < -0.4 is 14.8 Å². The van der Waals surface area contributed by atoms with Gasteiger partial charge in [0.2, 0.25) is 0 Å². The van der Waals surface area contributed by atoms with E-state index in [1.807, 2.05) is 30.3 Å². The topological polar surface area (TPSA) is 69.2 Å². The molecule has 0 saturated carbocycles. The minimum Gasteiger partial charge on any atom is -0.486 e. The molecule has 0 radical (unpaired) electrons. The van der Waals surface area contributed by atoms with Crippen LogP contribution in [0, 0.1) is 6.92 Å². The Hall–Kier alpha value is -3.19. The zero-order valence-electron chi connectivity index (χ0n) is 14.6. The van der Waals surface area contributed by atoms with Crippen molar-refractivity contribution in [3.05, 3.63) is 53.7 Å². The highest BCUT2D eigenvalue weighted by Crippen LogP contribution is 2.36. The molecule has 0 unspecified atom stereocenters. The molecular formula is C20H16N4O2S. The second-order valence-corrected chi connectivity index (χ2v) is 7.43. The number of nitrogens with one attached hydrogen (secondary N) is 1. The number of nitrogens with zero attached hydrogens (tertiary/aromatic N) is 3. The van der Waals surface area contributed by atoms with Crippen molar-refractivity contribution in [3.8, 4) is 22.9 Å². The predicted molar refractivity (Wildman–Crippen MR) is 106 cm³/mol. The summed E-state index contributed by atoms with van der Waals surface area (Å²) in [5, 5.41) is 4.42. The third-order valence-corrected chi connectivity index (χ3v) is 5.18. The first-order valence-electron chi connectivity index (χ1n) is 8.61. The molecular weight excluding hydrogens is 360 g/mol. The van der Waals surface area contributed by atoms with Crippen LogP contribution >= 0.6 is 11.3 Å². The molecule has 1 aliphatic rings. The van der Waals surface area contributed by atoms with Crippen LogP contribution in [0.5, 0.6) is 11.5 Å². The molecule has 3 aromatic heterocycles. The maximum atomic E-state index is 5.68. The normalized spacial score (nSPS) is 12.9. The predicted octanol–water partition coefficient (Wildman–Crippen LogP) is 4.58. The van der Waals surface area contributed by atoms with Gasteiger partial charge in [-0.1, -0.05) is 0 Å². The van der Waals surface area contributed by atoms with E-state index < -0.39 is 0 Å². The Bertz CT molecular complexity index is 1130. The Morgan fingerprint density at radius 2 is 1.93 bits per heavy atom. The number of thiophene rings is 1. The van der Waals surface area contributed by atoms with Gasteiger partial charge in [-0.2, -0.15) is 0 Å². The van der Waals surface area contributed by atoms with E-state index in [-0.39, 0.29) is 0 Å². The smallest absolute Gasteiger partial charge is 0.164 e. The minimum atomic E-state index is 0.559. The fraction of sp³-hybridized carbons (Fsp3) is 0.150. The quantitative estimate of drug-likeness (QED) is 0.565. The van der Waals surface area contributed by atoms with Gasteiger partial charge in [-0.05, 0) is 37.3 Å². The van der Waals surface area contributed by atoms with Gasteiger partial charge in [0, 0.05) is 34.6 Å². The van der Waals surface area contributed by atoms with Gasteiger partial charge in [-0.25, -0.2) is 9.97 Å². The molecule has 0 saturated heterocycles. The van der Waals surface area contributed by atoms with Crippen LogP contribution in [-0.4, -0.2) is 28.2 Å².